The average molecular weight is 375 g/mol. The molecule has 0 atom stereocenters. The van der Waals surface area contributed by atoms with Crippen molar-refractivity contribution in [2.75, 3.05) is 31.6 Å². The smallest absolute Gasteiger partial charge is 0.409 e. The molecule has 7 heteroatoms. The van der Waals surface area contributed by atoms with E-state index in [0.717, 1.165) is 11.3 Å². The Bertz CT molecular complexity index is 652. The lowest BCUT2D eigenvalue weighted by atomic mass is 10.0. The Morgan fingerprint density at radius 1 is 1.19 bits per heavy atom. The van der Waals surface area contributed by atoms with Crippen molar-refractivity contribution in [3.05, 3.63) is 29.8 Å². The van der Waals surface area contributed by atoms with Crippen LogP contribution in [0.1, 0.15) is 38.7 Å². The van der Waals surface area contributed by atoms with E-state index in [1.165, 1.54) is 6.92 Å². The summed E-state index contributed by atoms with van der Waals surface area (Å²) in [6, 6.07) is 7.64. The number of anilines is 1. The molecule has 0 radical (unpaired) electrons. The van der Waals surface area contributed by atoms with Crippen LogP contribution in [0.2, 0.25) is 0 Å². The average Bonchev–Trinajstić information content (AvgIpc) is 2.64. The number of piperidine rings is 1. The zero-order chi connectivity index (χ0) is 19.8. The van der Waals surface area contributed by atoms with Crippen molar-refractivity contribution in [1.29, 1.82) is 0 Å². The Labute approximate surface area is 160 Å². The van der Waals surface area contributed by atoms with Gasteiger partial charge in [-0.3, -0.25) is 9.59 Å². The molecule has 0 spiro atoms. The van der Waals surface area contributed by atoms with Crippen LogP contribution in [0.4, 0.5) is 10.5 Å². The molecule has 0 saturated carbocycles. The lowest BCUT2D eigenvalue weighted by molar-refractivity contribution is -0.132. The highest BCUT2D eigenvalue weighted by Gasteiger charge is 2.29. The summed E-state index contributed by atoms with van der Waals surface area (Å²) >= 11 is 0. The monoisotopic (exact) mass is 375 g/mol. The summed E-state index contributed by atoms with van der Waals surface area (Å²) in [6.45, 7) is 7.14. The zero-order valence-corrected chi connectivity index (χ0v) is 16.4. The number of likely N-dealkylation sites (tertiary alicyclic amines) is 1. The molecule has 0 aromatic heterocycles. The van der Waals surface area contributed by atoms with Crippen LogP contribution in [0.5, 0.6) is 0 Å². The Hall–Kier alpha value is -2.57. The molecule has 1 saturated heterocycles. The number of nitrogens with zero attached hydrogens (tertiary/aromatic N) is 2. The minimum absolute atomic E-state index is 0.0420. The Morgan fingerprint density at radius 3 is 2.37 bits per heavy atom. The van der Waals surface area contributed by atoms with E-state index in [1.54, 1.807) is 16.7 Å². The summed E-state index contributed by atoms with van der Waals surface area (Å²) in [5.41, 5.74) is 1.88. The van der Waals surface area contributed by atoms with Gasteiger partial charge in [0.2, 0.25) is 11.8 Å². The van der Waals surface area contributed by atoms with Gasteiger partial charge in [0.25, 0.3) is 0 Å². The van der Waals surface area contributed by atoms with E-state index >= 15 is 0 Å². The highest BCUT2D eigenvalue weighted by molar-refractivity contribution is 5.91. The van der Waals surface area contributed by atoms with E-state index in [1.807, 2.05) is 31.2 Å². The van der Waals surface area contributed by atoms with Crippen molar-refractivity contribution in [1.82, 2.24) is 9.80 Å². The van der Waals surface area contributed by atoms with E-state index in [9.17, 15) is 14.4 Å². The molecule has 7 nitrogen and oxygen atoms in total. The second kappa shape index (κ2) is 9.94. The van der Waals surface area contributed by atoms with Gasteiger partial charge in [0.1, 0.15) is 0 Å². The molecule has 3 amide bonds. The van der Waals surface area contributed by atoms with Crippen molar-refractivity contribution in [3.8, 4) is 0 Å². The van der Waals surface area contributed by atoms with Crippen LogP contribution in [-0.2, 0) is 14.3 Å². The van der Waals surface area contributed by atoms with E-state index in [2.05, 4.69) is 5.32 Å². The summed E-state index contributed by atoms with van der Waals surface area (Å²) in [5.74, 6) is -0.165. The fourth-order valence-corrected chi connectivity index (χ4v) is 3.25. The lowest BCUT2D eigenvalue weighted by Gasteiger charge is -2.37. The van der Waals surface area contributed by atoms with Gasteiger partial charge in [0, 0.05) is 44.7 Å². The highest BCUT2D eigenvalue weighted by Crippen LogP contribution is 2.18. The van der Waals surface area contributed by atoms with E-state index in [-0.39, 0.29) is 30.4 Å². The van der Waals surface area contributed by atoms with Crippen molar-refractivity contribution < 1.29 is 19.1 Å². The largest absolute Gasteiger partial charge is 0.450 e. The van der Waals surface area contributed by atoms with Crippen LogP contribution in [0.25, 0.3) is 0 Å². The first-order chi connectivity index (χ1) is 12.9. The number of benzene rings is 1. The third-order valence-electron chi connectivity index (χ3n) is 4.75. The maximum absolute atomic E-state index is 12.2. The van der Waals surface area contributed by atoms with Gasteiger partial charge < -0.3 is 19.9 Å². The quantitative estimate of drug-likeness (QED) is 0.829. The van der Waals surface area contributed by atoms with Gasteiger partial charge in [0.05, 0.1) is 6.61 Å². The van der Waals surface area contributed by atoms with Gasteiger partial charge in [-0.25, -0.2) is 4.79 Å². The molecule has 1 aromatic carbocycles. The first-order valence-corrected chi connectivity index (χ1v) is 9.46. The van der Waals surface area contributed by atoms with Crippen LogP contribution < -0.4 is 5.32 Å². The van der Waals surface area contributed by atoms with Gasteiger partial charge in [-0.15, -0.1) is 0 Å². The van der Waals surface area contributed by atoms with E-state index in [4.69, 9.17) is 4.74 Å². The summed E-state index contributed by atoms with van der Waals surface area (Å²) in [4.78, 5) is 39.5. The first-order valence-electron chi connectivity index (χ1n) is 9.46. The maximum atomic E-state index is 12.2. The number of carbonyl (C=O) groups is 3. The molecular weight excluding hydrogens is 346 g/mol. The second-order valence-corrected chi connectivity index (χ2v) is 6.79. The molecule has 1 aliphatic rings. The zero-order valence-electron chi connectivity index (χ0n) is 16.4. The minimum Gasteiger partial charge on any atom is -0.450 e. The highest BCUT2D eigenvalue weighted by atomic mass is 16.6. The van der Waals surface area contributed by atoms with Gasteiger partial charge in [-0.1, -0.05) is 17.7 Å². The molecule has 1 heterocycles. The number of rotatable bonds is 6. The number of ether oxygens (including phenoxy) is 1. The number of aryl methyl sites for hydroxylation is 1. The van der Waals surface area contributed by atoms with Gasteiger partial charge >= 0.3 is 6.09 Å². The van der Waals surface area contributed by atoms with Crippen LogP contribution in [0.15, 0.2) is 24.3 Å². The lowest BCUT2D eigenvalue weighted by Crippen LogP contribution is -2.49. The van der Waals surface area contributed by atoms with Crippen LogP contribution >= 0.6 is 0 Å². The van der Waals surface area contributed by atoms with Gasteiger partial charge in [-0.05, 0) is 38.8 Å². The van der Waals surface area contributed by atoms with Crippen molar-refractivity contribution in [3.63, 3.8) is 0 Å². The van der Waals surface area contributed by atoms with Crippen LogP contribution in [-0.4, -0.2) is 60.0 Å². The summed E-state index contributed by atoms with van der Waals surface area (Å²) in [7, 11) is 0. The SMILES string of the molecule is CCOC(=O)N1CCC(N(CCC(=O)Nc2ccc(C)cc2)C(C)=O)CC1. The molecule has 1 fully saturated rings. The van der Waals surface area contributed by atoms with Crippen LogP contribution in [0.3, 0.4) is 0 Å². The molecule has 2 rings (SSSR count). The molecule has 0 unspecified atom stereocenters. The summed E-state index contributed by atoms with van der Waals surface area (Å²) in [6.07, 6.45) is 1.32. The Balaban J connectivity index is 1.83. The fourth-order valence-electron chi connectivity index (χ4n) is 3.25. The summed E-state index contributed by atoms with van der Waals surface area (Å²) < 4.78 is 5.02. The minimum atomic E-state index is -0.303. The molecule has 1 aliphatic heterocycles. The molecule has 1 aromatic rings. The predicted octanol–water partition coefficient (Wildman–Crippen LogP) is 2.79. The Morgan fingerprint density at radius 2 is 1.81 bits per heavy atom. The van der Waals surface area contributed by atoms with E-state index < -0.39 is 0 Å². The topological polar surface area (TPSA) is 79.0 Å². The summed E-state index contributed by atoms with van der Waals surface area (Å²) in [5, 5.41) is 2.86. The predicted molar refractivity (Wildman–Crippen MR) is 103 cm³/mol. The molecule has 148 valence electrons. The fraction of sp³-hybridized carbons (Fsp3) is 0.550. The van der Waals surface area contributed by atoms with Crippen molar-refractivity contribution in [2.45, 2.75) is 46.1 Å². The molecular formula is C20H29N3O4. The first kappa shape index (κ1) is 20.7. The molecule has 0 aliphatic carbocycles. The number of carbonyl (C=O) groups excluding carboxylic acids is 3. The second-order valence-electron chi connectivity index (χ2n) is 6.79. The molecule has 0 bridgehead atoms. The third-order valence-corrected chi connectivity index (χ3v) is 4.75. The number of hydrogen-bond acceptors (Lipinski definition) is 4. The Kier molecular flexibility index (Phi) is 7.64. The van der Waals surface area contributed by atoms with Crippen molar-refractivity contribution >= 4 is 23.6 Å². The normalized spacial score (nSPS) is 14.6. The number of hydrogen-bond donors (Lipinski definition) is 1. The van der Waals surface area contributed by atoms with Crippen LogP contribution in [0, 0.1) is 6.92 Å². The van der Waals surface area contributed by atoms with Crippen molar-refractivity contribution in [2.24, 2.45) is 0 Å². The maximum Gasteiger partial charge on any atom is 0.409 e. The molecule has 27 heavy (non-hydrogen) atoms. The third kappa shape index (κ3) is 6.27. The molecule has 1 N–H and O–H groups in total. The number of nitrogens with one attached hydrogen (secondary N) is 1. The van der Waals surface area contributed by atoms with E-state index in [0.29, 0.717) is 39.1 Å². The number of amides is 3. The van der Waals surface area contributed by atoms with Gasteiger partial charge in [-0.2, -0.15) is 0 Å². The van der Waals surface area contributed by atoms with Gasteiger partial charge in [0.15, 0.2) is 0 Å². The standard InChI is InChI=1S/C20H29N3O4/c1-4-27-20(26)22-12-9-18(10-13-22)23(16(3)24)14-11-19(25)21-17-7-5-15(2)6-8-17/h5-8,18H,4,9-14H2,1-3H3,(H,21,25).